The summed E-state index contributed by atoms with van der Waals surface area (Å²) in [5, 5.41) is 8.93. The number of nitrogens with zero attached hydrogens (tertiary/aromatic N) is 5. The van der Waals surface area contributed by atoms with E-state index in [4.69, 9.17) is 10.00 Å². The lowest BCUT2D eigenvalue weighted by Gasteiger charge is -2.32. The molecule has 1 aliphatic rings. The fourth-order valence-corrected chi connectivity index (χ4v) is 2.60. The number of piperidine rings is 1. The normalized spacial score (nSPS) is 17.2. The first kappa shape index (κ1) is 15.9. The van der Waals surface area contributed by atoms with Gasteiger partial charge < -0.3 is 9.64 Å². The van der Waals surface area contributed by atoms with Crippen molar-refractivity contribution >= 4 is 5.91 Å². The fourth-order valence-electron chi connectivity index (χ4n) is 2.60. The van der Waals surface area contributed by atoms with Crippen molar-refractivity contribution in [2.24, 2.45) is 0 Å². The molecule has 122 valence electrons. The third kappa shape index (κ3) is 3.66. The number of pyridine rings is 1. The Morgan fingerprint density at radius 3 is 3.00 bits per heavy atom. The van der Waals surface area contributed by atoms with Gasteiger partial charge in [-0.3, -0.25) is 9.78 Å². The molecule has 0 radical (unpaired) electrons. The Bertz CT molecular complexity index is 769. The van der Waals surface area contributed by atoms with Crippen LogP contribution in [0, 0.1) is 18.3 Å². The number of hydrogen-bond donors (Lipinski definition) is 0. The summed E-state index contributed by atoms with van der Waals surface area (Å²) in [7, 11) is 0. The Labute approximate surface area is 139 Å². The van der Waals surface area contributed by atoms with Gasteiger partial charge in [-0.15, -0.1) is 0 Å². The molecule has 1 fully saturated rings. The molecule has 0 spiro atoms. The summed E-state index contributed by atoms with van der Waals surface area (Å²) in [4.78, 5) is 26.6. The predicted molar refractivity (Wildman–Crippen MR) is 85.3 cm³/mol. The summed E-state index contributed by atoms with van der Waals surface area (Å²) in [6.45, 7) is 2.96. The smallest absolute Gasteiger partial charge is 0.274 e. The number of aromatic nitrogens is 3. The van der Waals surface area contributed by atoms with Crippen LogP contribution in [0.25, 0.3) is 0 Å². The molecular formula is C17H17N5O2. The first-order chi connectivity index (χ1) is 11.7. The lowest BCUT2D eigenvalue weighted by molar-refractivity contribution is 0.0522. The van der Waals surface area contributed by atoms with E-state index in [2.05, 4.69) is 21.0 Å². The van der Waals surface area contributed by atoms with E-state index >= 15 is 0 Å². The highest BCUT2D eigenvalue weighted by Crippen LogP contribution is 2.18. The van der Waals surface area contributed by atoms with Crippen molar-refractivity contribution in [3.63, 3.8) is 0 Å². The van der Waals surface area contributed by atoms with Crippen LogP contribution in [0.5, 0.6) is 5.88 Å². The molecule has 7 heteroatoms. The number of carbonyl (C=O) groups excluding carboxylic acids is 1. The topological polar surface area (TPSA) is 92.0 Å². The van der Waals surface area contributed by atoms with Gasteiger partial charge in [0.15, 0.2) is 0 Å². The minimum Gasteiger partial charge on any atom is -0.472 e. The number of carbonyl (C=O) groups is 1. The molecule has 3 heterocycles. The summed E-state index contributed by atoms with van der Waals surface area (Å²) in [5.74, 6) is 0.262. The molecule has 2 aromatic heterocycles. The van der Waals surface area contributed by atoms with Crippen LogP contribution in [0.15, 0.2) is 30.7 Å². The monoisotopic (exact) mass is 323 g/mol. The van der Waals surface area contributed by atoms with Gasteiger partial charge in [0, 0.05) is 25.0 Å². The summed E-state index contributed by atoms with van der Waals surface area (Å²) in [6.07, 6.45) is 6.15. The van der Waals surface area contributed by atoms with E-state index in [0.29, 0.717) is 30.2 Å². The molecule has 0 bridgehead atoms. The van der Waals surface area contributed by atoms with Crippen LogP contribution < -0.4 is 4.74 Å². The van der Waals surface area contributed by atoms with E-state index in [-0.39, 0.29) is 12.0 Å². The Kier molecular flexibility index (Phi) is 4.66. The fraction of sp³-hybridized carbons (Fsp3) is 0.353. The van der Waals surface area contributed by atoms with Gasteiger partial charge in [0.05, 0.1) is 30.1 Å². The number of likely N-dealkylation sites (tertiary alicyclic amines) is 1. The predicted octanol–water partition coefficient (Wildman–Crippen LogP) is 1.74. The number of hydrogen-bond acceptors (Lipinski definition) is 6. The quantitative estimate of drug-likeness (QED) is 0.854. The lowest BCUT2D eigenvalue weighted by atomic mass is 10.1. The minimum atomic E-state index is -0.150. The zero-order valence-electron chi connectivity index (χ0n) is 13.3. The Morgan fingerprint density at radius 2 is 2.25 bits per heavy atom. The molecule has 0 saturated carbocycles. The van der Waals surface area contributed by atoms with Gasteiger partial charge in [0.25, 0.3) is 5.91 Å². The first-order valence-electron chi connectivity index (χ1n) is 7.76. The highest BCUT2D eigenvalue weighted by molar-refractivity contribution is 5.92. The number of rotatable bonds is 3. The van der Waals surface area contributed by atoms with Crippen molar-refractivity contribution in [2.75, 3.05) is 13.1 Å². The molecule has 1 atom stereocenters. The van der Waals surface area contributed by atoms with Gasteiger partial charge in [-0.2, -0.15) is 5.26 Å². The zero-order valence-corrected chi connectivity index (χ0v) is 13.3. The number of amides is 1. The molecule has 24 heavy (non-hydrogen) atoms. The van der Waals surface area contributed by atoms with Crippen LogP contribution in [-0.2, 0) is 0 Å². The van der Waals surface area contributed by atoms with Crippen molar-refractivity contribution in [3.8, 4) is 11.9 Å². The largest absolute Gasteiger partial charge is 0.472 e. The van der Waals surface area contributed by atoms with Gasteiger partial charge in [-0.1, -0.05) is 0 Å². The molecular weight excluding hydrogens is 306 g/mol. The molecule has 3 rings (SSSR count). The van der Waals surface area contributed by atoms with E-state index in [9.17, 15) is 4.79 Å². The number of ether oxygens (including phenoxy) is 1. The Balaban J connectivity index is 1.66. The molecule has 7 nitrogen and oxygen atoms in total. The minimum absolute atomic E-state index is 0.144. The average Bonchev–Trinajstić information content (AvgIpc) is 2.62. The average molecular weight is 323 g/mol. The van der Waals surface area contributed by atoms with Crippen LogP contribution in [0.2, 0.25) is 0 Å². The van der Waals surface area contributed by atoms with E-state index in [0.717, 1.165) is 18.5 Å². The number of nitriles is 1. The maximum atomic E-state index is 12.5. The highest BCUT2D eigenvalue weighted by atomic mass is 16.5. The van der Waals surface area contributed by atoms with Crippen LogP contribution >= 0.6 is 0 Å². The molecule has 0 N–H and O–H groups in total. The molecule has 1 saturated heterocycles. The Morgan fingerprint density at radius 1 is 1.38 bits per heavy atom. The molecule has 0 aromatic carbocycles. The SMILES string of the molecule is Cc1cnc(C(=O)N2CCC[C@H](Oc3cc(C#N)ccn3)C2)cn1. The number of aryl methyl sites for hydroxylation is 1. The molecule has 1 amide bonds. The van der Waals surface area contributed by atoms with Gasteiger partial charge in [-0.25, -0.2) is 9.97 Å². The summed E-state index contributed by atoms with van der Waals surface area (Å²) < 4.78 is 5.84. The second-order valence-corrected chi connectivity index (χ2v) is 5.67. The van der Waals surface area contributed by atoms with Gasteiger partial charge >= 0.3 is 0 Å². The summed E-state index contributed by atoms with van der Waals surface area (Å²) >= 11 is 0. The summed E-state index contributed by atoms with van der Waals surface area (Å²) in [5.41, 5.74) is 1.61. The van der Waals surface area contributed by atoms with E-state index in [1.165, 1.54) is 6.20 Å². The van der Waals surface area contributed by atoms with Crippen molar-refractivity contribution in [2.45, 2.75) is 25.9 Å². The van der Waals surface area contributed by atoms with Gasteiger partial charge in [0.1, 0.15) is 11.8 Å². The molecule has 0 unspecified atom stereocenters. The van der Waals surface area contributed by atoms with Crippen LogP contribution in [-0.4, -0.2) is 45.0 Å². The van der Waals surface area contributed by atoms with Crippen LogP contribution in [0.1, 0.15) is 34.6 Å². The highest BCUT2D eigenvalue weighted by Gasteiger charge is 2.26. The van der Waals surface area contributed by atoms with Crippen molar-refractivity contribution < 1.29 is 9.53 Å². The lowest BCUT2D eigenvalue weighted by Crippen LogP contribution is -2.44. The van der Waals surface area contributed by atoms with Crippen LogP contribution in [0.3, 0.4) is 0 Å². The van der Waals surface area contributed by atoms with Crippen molar-refractivity contribution in [1.29, 1.82) is 5.26 Å². The van der Waals surface area contributed by atoms with Crippen molar-refractivity contribution in [3.05, 3.63) is 47.7 Å². The molecule has 2 aromatic rings. The van der Waals surface area contributed by atoms with Gasteiger partial charge in [-0.05, 0) is 25.8 Å². The first-order valence-corrected chi connectivity index (χ1v) is 7.76. The summed E-state index contributed by atoms with van der Waals surface area (Å²) in [6, 6.07) is 5.29. The maximum absolute atomic E-state index is 12.5. The zero-order chi connectivity index (χ0) is 16.9. The maximum Gasteiger partial charge on any atom is 0.274 e. The third-order valence-electron chi connectivity index (χ3n) is 3.82. The molecule has 0 aliphatic carbocycles. The van der Waals surface area contributed by atoms with Crippen LogP contribution in [0.4, 0.5) is 0 Å². The second-order valence-electron chi connectivity index (χ2n) is 5.67. The Hall–Kier alpha value is -3.01. The van der Waals surface area contributed by atoms with E-state index in [1.54, 1.807) is 29.4 Å². The van der Waals surface area contributed by atoms with E-state index in [1.807, 2.05) is 6.92 Å². The van der Waals surface area contributed by atoms with E-state index < -0.39 is 0 Å². The van der Waals surface area contributed by atoms with Gasteiger partial charge in [0.2, 0.25) is 5.88 Å². The standard InChI is InChI=1S/C17H17N5O2/c1-12-9-21-15(10-20-12)17(23)22-6-2-3-14(11-22)24-16-7-13(8-18)4-5-19-16/h4-5,7,9-10,14H,2-3,6,11H2,1H3/t14-/m0/s1. The molecule has 1 aliphatic heterocycles. The van der Waals surface area contributed by atoms with Crippen molar-refractivity contribution in [1.82, 2.24) is 19.9 Å². The second kappa shape index (κ2) is 7.04. The third-order valence-corrected chi connectivity index (χ3v) is 3.82.